The van der Waals surface area contributed by atoms with E-state index in [9.17, 15) is 26.3 Å². The zero-order valence-electron chi connectivity index (χ0n) is 28.6. The molecule has 1 aliphatic carbocycles. The maximum atomic E-state index is 12.5. The number of fused-ring (bicyclic) bond motifs is 3. The van der Waals surface area contributed by atoms with Crippen LogP contribution < -0.4 is 0 Å². The number of alkyl halides is 6. The van der Waals surface area contributed by atoms with Crippen LogP contribution >= 0.6 is 0 Å². The van der Waals surface area contributed by atoms with E-state index in [1.54, 1.807) is 0 Å². The monoisotopic (exact) mass is 748 g/mol. The van der Waals surface area contributed by atoms with Crippen LogP contribution in [0.5, 0.6) is 0 Å². The fourth-order valence-electron chi connectivity index (χ4n) is 5.53. The number of halogens is 6. The van der Waals surface area contributed by atoms with Crippen LogP contribution in [0, 0.1) is 31.3 Å². The SMILES string of the molecule is CCCC1[C-]=CC(C(C)(C)C)=C1.Cc1ccc2c(c1)[cH-]c1cc(C)ccc12.FC(F)(F)c1ccc([C](=[Zr+2])c2ccc(C(F)(F)F)cc2)cc1. The molecule has 0 heterocycles. The van der Waals surface area contributed by atoms with Crippen molar-refractivity contribution in [1.29, 1.82) is 0 Å². The Morgan fingerprint density at radius 2 is 1.12 bits per heavy atom. The number of allylic oxidation sites excluding steroid dienone is 4. The van der Waals surface area contributed by atoms with E-state index in [0.717, 1.165) is 48.5 Å². The van der Waals surface area contributed by atoms with Gasteiger partial charge in [-0.1, -0.05) is 87.3 Å². The zero-order chi connectivity index (χ0) is 36.1. The first-order valence-corrected chi connectivity index (χ1v) is 17.4. The summed E-state index contributed by atoms with van der Waals surface area (Å²) in [5.41, 5.74) is 4.01. The Balaban J connectivity index is 0.000000174. The molecule has 0 nitrogen and oxygen atoms in total. The van der Waals surface area contributed by atoms with Gasteiger partial charge in [0.25, 0.3) is 0 Å². The van der Waals surface area contributed by atoms with Gasteiger partial charge in [0.15, 0.2) is 0 Å². The minimum absolute atomic E-state index is 0.301. The Hall–Kier alpha value is -3.44. The van der Waals surface area contributed by atoms with Crippen molar-refractivity contribution in [3.8, 4) is 0 Å². The zero-order valence-corrected chi connectivity index (χ0v) is 31.0. The van der Waals surface area contributed by atoms with Crippen molar-refractivity contribution in [3.05, 3.63) is 148 Å². The van der Waals surface area contributed by atoms with E-state index >= 15 is 0 Å². The summed E-state index contributed by atoms with van der Waals surface area (Å²) >= 11 is 0.898. The van der Waals surface area contributed by atoms with Crippen LogP contribution in [-0.2, 0) is 36.6 Å². The summed E-state index contributed by atoms with van der Waals surface area (Å²) in [7, 11) is 0. The maximum absolute atomic E-state index is 12.5. The Kier molecular flexibility index (Phi) is 12.2. The molecule has 5 aromatic rings. The third-order valence-electron chi connectivity index (χ3n) is 8.32. The Labute approximate surface area is 300 Å². The van der Waals surface area contributed by atoms with Crippen LogP contribution in [0.1, 0.15) is 73.9 Å². The van der Waals surface area contributed by atoms with Crippen LogP contribution in [0.2, 0.25) is 0 Å². The van der Waals surface area contributed by atoms with Gasteiger partial charge in [-0.3, -0.25) is 6.08 Å². The number of hydrogen-bond donors (Lipinski definition) is 0. The molecule has 0 saturated carbocycles. The molecule has 49 heavy (non-hydrogen) atoms. The molecule has 1 aliphatic rings. The molecule has 1 unspecified atom stereocenters. The summed E-state index contributed by atoms with van der Waals surface area (Å²) < 4.78 is 75.6. The molecule has 254 valence electrons. The fourth-order valence-corrected chi connectivity index (χ4v) is 6.35. The van der Waals surface area contributed by atoms with E-state index < -0.39 is 23.5 Å². The van der Waals surface area contributed by atoms with Crippen molar-refractivity contribution >= 4 is 24.8 Å². The molecule has 0 N–H and O–H groups in total. The van der Waals surface area contributed by atoms with Gasteiger partial charge in [0.05, 0.1) is 0 Å². The van der Waals surface area contributed by atoms with E-state index in [2.05, 4.69) is 102 Å². The van der Waals surface area contributed by atoms with Crippen LogP contribution in [0.3, 0.4) is 0 Å². The quantitative estimate of drug-likeness (QED) is 0.127. The summed E-state index contributed by atoms with van der Waals surface area (Å²) in [6.07, 6.45) is 1.61. The molecule has 5 aromatic carbocycles. The van der Waals surface area contributed by atoms with Gasteiger partial charge in [0, 0.05) is 0 Å². The number of hydrogen-bond acceptors (Lipinski definition) is 0. The van der Waals surface area contributed by atoms with Crippen molar-refractivity contribution in [3.63, 3.8) is 0 Å². The molecule has 0 aliphatic heterocycles. The van der Waals surface area contributed by atoms with Crippen LogP contribution in [0.25, 0.3) is 21.5 Å². The van der Waals surface area contributed by atoms with E-state index in [1.165, 1.54) is 75.4 Å². The summed E-state index contributed by atoms with van der Waals surface area (Å²) in [4.78, 5) is 0. The average Bonchev–Trinajstić information content (AvgIpc) is 3.65. The summed E-state index contributed by atoms with van der Waals surface area (Å²) in [6.45, 7) is 13.3. The molecule has 0 aromatic heterocycles. The van der Waals surface area contributed by atoms with Crippen molar-refractivity contribution in [2.24, 2.45) is 11.3 Å². The summed E-state index contributed by atoms with van der Waals surface area (Å²) in [6, 6.07) is 24.7. The third-order valence-corrected chi connectivity index (χ3v) is 9.74. The van der Waals surface area contributed by atoms with E-state index in [4.69, 9.17) is 0 Å². The van der Waals surface area contributed by atoms with Gasteiger partial charge < -0.3 is 0 Å². The van der Waals surface area contributed by atoms with E-state index in [1.807, 2.05) is 0 Å². The summed E-state index contributed by atoms with van der Waals surface area (Å²) in [5.74, 6) is 0.587. The predicted molar refractivity (Wildman–Crippen MR) is 186 cm³/mol. The first-order chi connectivity index (χ1) is 22.9. The minimum atomic E-state index is -4.41. The van der Waals surface area contributed by atoms with Gasteiger partial charge in [-0.2, -0.15) is 11.6 Å². The second-order valence-corrected chi connectivity index (χ2v) is 14.7. The first kappa shape index (κ1) is 38.4. The molecule has 0 bridgehead atoms. The van der Waals surface area contributed by atoms with E-state index in [0.29, 0.717) is 25.7 Å². The molecular formula is C42H40F6Zr. The first-order valence-electron chi connectivity index (χ1n) is 16.2. The Morgan fingerprint density at radius 1 is 0.694 bits per heavy atom. The summed E-state index contributed by atoms with van der Waals surface area (Å²) in [5, 5.41) is 5.46. The normalized spacial score (nSPS) is 14.7. The Morgan fingerprint density at radius 3 is 1.47 bits per heavy atom. The molecule has 0 amide bonds. The van der Waals surface area contributed by atoms with Crippen molar-refractivity contribution in [2.75, 3.05) is 0 Å². The van der Waals surface area contributed by atoms with Crippen LogP contribution in [-0.4, -0.2) is 3.21 Å². The van der Waals surface area contributed by atoms with Crippen molar-refractivity contribution < 1.29 is 50.6 Å². The topological polar surface area (TPSA) is 0 Å². The second kappa shape index (κ2) is 15.6. The van der Waals surface area contributed by atoms with Gasteiger partial charge in [-0.05, 0) is 13.8 Å². The van der Waals surface area contributed by atoms with E-state index in [-0.39, 0.29) is 0 Å². The van der Waals surface area contributed by atoms with Gasteiger partial charge in [-0.15, -0.1) is 39.7 Å². The molecule has 1 atom stereocenters. The Bertz CT molecular complexity index is 1830. The molecule has 7 heteroatoms. The molecule has 0 spiro atoms. The fraction of sp³-hybridized carbons (Fsp3) is 0.286. The molecule has 0 fully saturated rings. The number of aryl methyl sites for hydroxylation is 2. The molecular weight excluding hydrogens is 710 g/mol. The van der Waals surface area contributed by atoms with Crippen LogP contribution in [0.4, 0.5) is 26.3 Å². The van der Waals surface area contributed by atoms with Crippen molar-refractivity contribution in [1.82, 2.24) is 0 Å². The van der Waals surface area contributed by atoms with Gasteiger partial charge in [-0.25, -0.2) is 6.08 Å². The molecule has 6 rings (SSSR count). The molecule has 0 saturated heterocycles. The number of benzene rings is 4. The van der Waals surface area contributed by atoms with Gasteiger partial charge in [0.2, 0.25) is 0 Å². The van der Waals surface area contributed by atoms with Crippen molar-refractivity contribution in [2.45, 2.75) is 66.7 Å². The van der Waals surface area contributed by atoms with Crippen LogP contribution in [0.15, 0.2) is 109 Å². The third kappa shape index (κ3) is 10.3. The number of rotatable bonds is 4. The van der Waals surface area contributed by atoms with Gasteiger partial charge in [0.1, 0.15) is 0 Å². The standard InChI is InChI=1S/C15H8F6.C15H13.C12H19.Zr/c16-14(17,18)12-5-1-10(2-6-12)9-11-3-7-13(8-4-11)15(19,20)21;1-10-3-5-14-12(7-10)9-13-8-11(2)4-6-15(13)14;1-5-6-10-7-8-11(9-10)12(2,3)4;/h1-8H;3-9H,1-2H3;8-10H,5-6H2,1-4H3;/q;2*-1;+2. The second-order valence-electron chi connectivity index (χ2n) is 13.4. The molecule has 0 radical (unpaired) electrons. The average molecular weight is 750 g/mol. The predicted octanol–water partition coefficient (Wildman–Crippen LogP) is 12.9. The van der Waals surface area contributed by atoms with Gasteiger partial charge >= 0.3 is 137 Å².